The minimum absolute atomic E-state index is 0.606. The highest BCUT2D eigenvalue weighted by Gasteiger charge is 2.27. The summed E-state index contributed by atoms with van der Waals surface area (Å²) in [5.74, 6) is 1.19. The molecule has 1 aromatic heterocycles. The van der Waals surface area contributed by atoms with Gasteiger partial charge in [0.1, 0.15) is 5.82 Å². The van der Waals surface area contributed by atoms with E-state index in [1.807, 2.05) is 0 Å². The Kier molecular flexibility index (Phi) is 5.35. The molecule has 2 saturated heterocycles. The molecule has 0 bridgehead atoms. The maximum atomic E-state index is 4.96. The number of pyridine rings is 1. The monoisotopic (exact) mass is 301 g/mol. The van der Waals surface area contributed by atoms with E-state index in [0.717, 1.165) is 0 Å². The van der Waals surface area contributed by atoms with Gasteiger partial charge in [0, 0.05) is 24.8 Å². The van der Waals surface area contributed by atoms with Crippen LogP contribution in [0.25, 0.3) is 0 Å². The van der Waals surface area contributed by atoms with Crippen LogP contribution in [0.1, 0.15) is 69.2 Å². The highest BCUT2D eigenvalue weighted by molar-refractivity contribution is 5.43. The van der Waals surface area contributed by atoms with Gasteiger partial charge in [0.2, 0.25) is 0 Å². The molecule has 0 aromatic carbocycles. The Morgan fingerprint density at radius 2 is 1.91 bits per heavy atom. The molecule has 122 valence electrons. The third kappa shape index (κ3) is 3.45. The molecule has 1 atom stereocenters. The van der Waals surface area contributed by atoms with Gasteiger partial charge in [-0.05, 0) is 70.2 Å². The summed E-state index contributed by atoms with van der Waals surface area (Å²) in [6.45, 7) is 9.35. The van der Waals surface area contributed by atoms with Crippen molar-refractivity contribution in [3.05, 3.63) is 23.4 Å². The summed E-state index contributed by atoms with van der Waals surface area (Å²) >= 11 is 0. The van der Waals surface area contributed by atoms with Crippen molar-refractivity contribution in [1.82, 2.24) is 9.88 Å². The van der Waals surface area contributed by atoms with Crippen LogP contribution in [0.4, 0.5) is 5.82 Å². The van der Waals surface area contributed by atoms with Crippen LogP contribution < -0.4 is 4.90 Å². The Bertz CT molecular complexity index is 480. The summed E-state index contributed by atoms with van der Waals surface area (Å²) < 4.78 is 0. The van der Waals surface area contributed by atoms with Crippen molar-refractivity contribution < 1.29 is 0 Å². The maximum absolute atomic E-state index is 4.96. The Morgan fingerprint density at radius 1 is 1.09 bits per heavy atom. The maximum Gasteiger partial charge on any atom is 0.128 e. The first kappa shape index (κ1) is 15.8. The van der Waals surface area contributed by atoms with Gasteiger partial charge in [0.15, 0.2) is 0 Å². The number of aryl methyl sites for hydroxylation is 1. The summed E-state index contributed by atoms with van der Waals surface area (Å²) in [5, 5.41) is 0. The van der Waals surface area contributed by atoms with E-state index in [0.29, 0.717) is 6.04 Å². The third-order valence-corrected chi connectivity index (χ3v) is 5.31. The third-order valence-electron chi connectivity index (χ3n) is 5.31. The Morgan fingerprint density at radius 3 is 2.64 bits per heavy atom. The highest BCUT2D eigenvalue weighted by atomic mass is 15.2. The zero-order chi connectivity index (χ0) is 15.4. The van der Waals surface area contributed by atoms with Gasteiger partial charge in [-0.25, -0.2) is 4.98 Å². The second kappa shape index (κ2) is 7.45. The molecule has 2 aliphatic rings. The lowest BCUT2D eigenvalue weighted by Gasteiger charge is -2.30. The molecule has 0 aliphatic carbocycles. The van der Waals surface area contributed by atoms with Gasteiger partial charge in [-0.2, -0.15) is 0 Å². The first-order valence-electron chi connectivity index (χ1n) is 9.26. The normalized spacial score (nSPS) is 23.2. The number of unbranched alkanes of at least 4 members (excludes halogenated alkanes) is 1. The number of anilines is 1. The van der Waals surface area contributed by atoms with Crippen molar-refractivity contribution in [2.45, 2.75) is 64.8 Å². The summed E-state index contributed by atoms with van der Waals surface area (Å²) in [6, 6.07) is 5.24. The van der Waals surface area contributed by atoms with Gasteiger partial charge in [-0.1, -0.05) is 19.4 Å². The zero-order valence-corrected chi connectivity index (χ0v) is 14.4. The number of rotatable bonds is 5. The average Bonchev–Trinajstić information content (AvgIpc) is 3.02. The SMILES string of the molecule is CCCCN1CCCC1c1ccc(N2CCCCC2)nc1C. The summed E-state index contributed by atoms with van der Waals surface area (Å²) in [5.41, 5.74) is 2.71. The molecule has 3 heterocycles. The largest absolute Gasteiger partial charge is 0.357 e. The molecule has 0 radical (unpaired) electrons. The van der Waals surface area contributed by atoms with Crippen LogP contribution >= 0.6 is 0 Å². The van der Waals surface area contributed by atoms with Gasteiger partial charge < -0.3 is 4.90 Å². The van der Waals surface area contributed by atoms with Gasteiger partial charge in [0.25, 0.3) is 0 Å². The minimum Gasteiger partial charge on any atom is -0.357 e. The van der Waals surface area contributed by atoms with E-state index >= 15 is 0 Å². The molecule has 22 heavy (non-hydrogen) atoms. The summed E-state index contributed by atoms with van der Waals surface area (Å²) in [4.78, 5) is 10.1. The van der Waals surface area contributed by atoms with E-state index < -0.39 is 0 Å². The van der Waals surface area contributed by atoms with Crippen LogP contribution in [-0.4, -0.2) is 36.1 Å². The topological polar surface area (TPSA) is 19.4 Å². The van der Waals surface area contributed by atoms with E-state index in [2.05, 4.69) is 35.8 Å². The van der Waals surface area contributed by atoms with Crippen molar-refractivity contribution in [2.75, 3.05) is 31.1 Å². The number of piperidine rings is 1. The lowest BCUT2D eigenvalue weighted by Crippen LogP contribution is -2.30. The van der Waals surface area contributed by atoms with Crippen molar-refractivity contribution in [3.8, 4) is 0 Å². The fourth-order valence-corrected chi connectivity index (χ4v) is 4.02. The molecule has 1 aromatic rings. The molecule has 2 aliphatic heterocycles. The van der Waals surface area contributed by atoms with E-state index in [-0.39, 0.29) is 0 Å². The average molecular weight is 301 g/mol. The Hall–Kier alpha value is -1.09. The molecule has 0 amide bonds. The minimum atomic E-state index is 0.606. The standard InChI is InChI=1S/C19H31N3/c1-3-4-12-21-15-8-9-18(21)17-10-11-19(20-16(17)2)22-13-6-5-7-14-22/h10-11,18H,3-9,12-15H2,1-2H3. The van der Waals surface area contributed by atoms with Crippen LogP contribution in [-0.2, 0) is 0 Å². The lowest BCUT2D eigenvalue weighted by atomic mass is 10.0. The number of hydrogen-bond donors (Lipinski definition) is 0. The smallest absolute Gasteiger partial charge is 0.128 e. The second-order valence-corrected chi connectivity index (χ2v) is 6.94. The number of aromatic nitrogens is 1. The van der Waals surface area contributed by atoms with E-state index in [4.69, 9.17) is 4.98 Å². The zero-order valence-electron chi connectivity index (χ0n) is 14.4. The van der Waals surface area contributed by atoms with E-state index in [1.165, 1.54) is 88.2 Å². The molecule has 2 fully saturated rings. The quantitative estimate of drug-likeness (QED) is 0.807. The predicted molar refractivity (Wildman–Crippen MR) is 93.5 cm³/mol. The van der Waals surface area contributed by atoms with Crippen LogP contribution in [0.2, 0.25) is 0 Å². The van der Waals surface area contributed by atoms with Crippen molar-refractivity contribution >= 4 is 5.82 Å². The molecule has 3 rings (SSSR count). The van der Waals surface area contributed by atoms with E-state index in [1.54, 1.807) is 0 Å². The van der Waals surface area contributed by atoms with Gasteiger partial charge >= 0.3 is 0 Å². The first-order valence-corrected chi connectivity index (χ1v) is 9.26. The van der Waals surface area contributed by atoms with Gasteiger partial charge in [0.05, 0.1) is 0 Å². The molecule has 3 nitrogen and oxygen atoms in total. The Balaban J connectivity index is 1.73. The predicted octanol–water partition coefficient (Wildman–Crippen LogP) is 4.32. The summed E-state index contributed by atoms with van der Waals surface area (Å²) in [7, 11) is 0. The Labute approximate surface area is 135 Å². The van der Waals surface area contributed by atoms with Crippen molar-refractivity contribution in [2.24, 2.45) is 0 Å². The molecular formula is C19H31N3. The van der Waals surface area contributed by atoms with Gasteiger partial charge in [-0.3, -0.25) is 4.90 Å². The molecule has 3 heteroatoms. The molecule has 0 saturated carbocycles. The fraction of sp³-hybridized carbons (Fsp3) is 0.737. The number of likely N-dealkylation sites (tertiary alicyclic amines) is 1. The number of nitrogens with zero attached hydrogens (tertiary/aromatic N) is 3. The fourth-order valence-electron chi connectivity index (χ4n) is 4.02. The highest BCUT2D eigenvalue weighted by Crippen LogP contribution is 2.34. The summed E-state index contributed by atoms with van der Waals surface area (Å²) in [6.07, 6.45) is 9.24. The molecular weight excluding hydrogens is 270 g/mol. The second-order valence-electron chi connectivity index (χ2n) is 6.94. The van der Waals surface area contributed by atoms with Crippen LogP contribution in [0, 0.1) is 6.92 Å². The molecule has 0 N–H and O–H groups in total. The van der Waals surface area contributed by atoms with Crippen LogP contribution in [0.15, 0.2) is 12.1 Å². The van der Waals surface area contributed by atoms with Crippen molar-refractivity contribution in [1.29, 1.82) is 0 Å². The lowest BCUT2D eigenvalue weighted by molar-refractivity contribution is 0.252. The van der Waals surface area contributed by atoms with Crippen LogP contribution in [0.5, 0.6) is 0 Å². The van der Waals surface area contributed by atoms with Crippen molar-refractivity contribution in [3.63, 3.8) is 0 Å². The molecule has 1 unspecified atom stereocenters. The first-order chi connectivity index (χ1) is 10.8. The molecule has 0 spiro atoms. The number of hydrogen-bond acceptors (Lipinski definition) is 3. The van der Waals surface area contributed by atoms with Crippen LogP contribution in [0.3, 0.4) is 0 Å². The van der Waals surface area contributed by atoms with E-state index in [9.17, 15) is 0 Å². The van der Waals surface area contributed by atoms with Gasteiger partial charge in [-0.15, -0.1) is 0 Å².